The second-order valence-electron chi connectivity index (χ2n) is 3.56. The van der Waals surface area contributed by atoms with Gasteiger partial charge < -0.3 is 5.11 Å². The highest BCUT2D eigenvalue weighted by Gasteiger charge is 2.20. The van der Waals surface area contributed by atoms with Crippen molar-refractivity contribution in [1.82, 2.24) is 9.97 Å². The van der Waals surface area contributed by atoms with E-state index in [1.165, 1.54) is 24.5 Å². The first-order valence-electron chi connectivity index (χ1n) is 5.50. The van der Waals surface area contributed by atoms with E-state index in [0.717, 1.165) is 11.3 Å². The van der Waals surface area contributed by atoms with Crippen LogP contribution in [0.3, 0.4) is 0 Å². The standard InChI is InChI=1S/C12H8N4O3S2/c13-7-10-11(4-1-5-14-10)21(18,19)16-12-15-8-9(20-12)3-2-6-17/h1,4-5,8,17H,6H2,(H,15,16). The number of nitrogens with one attached hydrogen (secondary N) is 1. The number of aliphatic hydroxyl groups excluding tert-OH is 1. The summed E-state index contributed by atoms with van der Waals surface area (Å²) >= 11 is 1.02. The fraction of sp³-hybridized carbons (Fsp3) is 0.0833. The number of thiazole rings is 1. The molecule has 2 rings (SSSR count). The van der Waals surface area contributed by atoms with Crippen LogP contribution in [-0.4, -0.2) is 30.1 Å². The molecule has 0 aliphatic carbocycles. The van der Waals surface area contributed by atoms with Crippen molar-refractivity contribution >= 4 is 26.5 Å². The summed E-state index contributed by atoms with van der Waals surface area (Å²) in [6.45, 7) is -0.291. The molecule has 21 heavy (non-hydrogen) atoms. The first-order chi connectivity index (χ1) is 10.1. The Morgan fingerprint density at radius 2 is 2.24 bits per heavy atom. The van der Waals surface area contributed by atoms with Gasteiger partial charge in [0.25, 0.3) is 10.0 Å². The quantitative estimate of drug-likeness (QED) is 0.798. The van der Waals surface area contributed by atoms with Gasteiger partial charge in [-0.25, -0.2) is 18.4 Å². The number of aromatic nitrogens is 2. The maximum atomic E-state index is 12.2. The molecule has 0 aromatic carbocycles. The Morgan fingerprint density at radius 3 is 2.95 bits per heavy atom. The van der Waals surface area contributed by atoms with E-state index in [4.69, 9.17) is 10.4 Å². The highest BCUT2D eigenvalue weighted by atomic mass is 32.2. The second kappa shape index (κ2) is 6.33. The predicted octanol–water partition coefficient (Wildman–Crippen LogP) is 0.554. The second-order valence-corrected chi connectivity index (χ2v) is 6.24. The van der Waals surface area contributed by atoms with Crippen LogP contribution in [0.5, 0.6) is 0 Å². The molecule has 2 N–H and O–H groups in total. The zero-order valence-corrected chi connectivity index (χ0v) is 12.1. The average molecular weight is 320 g/mol. The lowest BCUT2D eigenvalue weighted by Crippen LogP contribution is -2.14. The van der Waals surface area contributed by atoms with E-state index in [2.05, 4.69) is 26.5 Å². The van der Waals surface area contributed by atoms with E-state index >= 15 is 0 Å². The number of aliphatic hydroxyl groups is 1. The normalized spacial score (nSPS) is 10.3. The van der Waals surface area contributed by atoms with Crippen LogP contribution >= 0.6 is 11.3 Å². The van der Waals surface area contributed by atoms with Gasteiger partial charge in [-0.2, -0.15) is 5.26 Å². The summed E-state index contributed by atoms with van der Waals surface area (Å²) in [5, 5.41) is 17.6. The average Bonchev–Trinajstić information content (AvgIpc) is 2.91. The van der Waals surface area contributed by atoms with E-state index in [1.807, 2.05) is 0 Å². The van der Waals surface area contributed by atoms with Gasteiger partial charge in [-0.05, 0) is 12.1 Å². The molecule has 2 aromatic heterocycles. The molecule has 0 spiro atoms. The molecule has 0 saturated carbocycles. The maximum absolute atomic E-state index is 12.2. The summed E-state index contributed by atoms with van der Waals surface area (Å²) < 4.78 is 26.7. The van der Waals surface area contributed by atoms with Crippen molar-refractivity contribution in [3.63, 3.8) is 0 Å². The lowest BCUT2D eigenvalue weighted by Gasteiger charge is -2.05. The SMILES string of the molecule is N#Cc1ncccc1S(=O)(=O)Nc1ncc(C#CCO)s1. The van der Waals surface area contributed by atoms with Crippen LogP contribution in [0.15, 0.2) is 29.4 Å². The largest absolute Gasteiger partial charge is 0.384 e. The number of pyridine rings is 1. The van der Waals surface area contributed by atoms with Gasteiger partial charge in [0.2, 0.25) is 0 Å². The molecule has 0 fully saturated rings. The third-order valence-electron chi connectivity index (χ3n) is 2.18. The molecule has 0 amide bonds. The monoisotopic (exact) mass is 320 g/mol. The molecule has 0 aliphatic heterocycles. The van der Waals surface area contributed by atoms with Crippen LogP contribution in [0.25, 0.3) is 0 Å². The van der Waals surface area contributed by atoms with Gasteiger partial charge in [-0.1, -0.05) is 23.2 Å². The van der Waals surface area contributed by atoms with Crippen LogP contribution in [0.4, 0.5) is 5.13 Å². The van der Waals surface area contributed by atoms with Crippen LogP contribution in [0.1, 0.15) is 10.6 Å². The zero-order valence-electron chi connectivity index (χ0n) is 10.4. The van der Waals surface area contributed by atoms with Gasteiger partial charge in [-0.15, -0.1) is 0 Å². The summed E-state index contributed by atoms with van der Waals surface area (Å²) in [7, 11) is -3.95. The summed E-state index contributed by atoms with van der Waals surface area (Å²) in [5.41, 5.74) is -0.193. The minimum absolute atomic E-state index is 0.116. The van der Waals surface area contributed by atoms with Gasteiger partial charge in [0.1, 0.15) is 17.6 Å². The lowest BCUT2D eigenvalue weighted by atomic mass is 10.4. The van der Waals surface area contributed by atoms with Gasteiger partial charge in [0, 0.05) is 6.20 Å². The summed E-state index contributed by atoms with van der Waals surface area (Å²) in [4.78, 5) is 7.87. The van der Waals surface area contributed by atoms with E-state index in [0.29, 0.717) is 4.88 Å². The molecule has 0 unspecified atom stereocenters. The Labute approximate surface area is 125 Å². The van der Waals surface area contributed by atoms with Crippen molar-refractivity contribution < 1.29 is 13.5 Å². The first-order valence-corrected chi connectivity index (χ1v) is 7.80. The van der Waals surface area contributed by atoms with Gasteiger partial charge >= 0.3 is 0 Å². The van der Waals surface area contributed by atoms with Gasteiger partial charge in [-0.3, -0.25) is 4.72 Å². The third-order valence-corrected chi connectivity index (χ3v) is 4.51. The van der Waals surface area contributed by atoms with Crippen molar-refractivity contribution in [3.05, 3.63) is 35.1 Å². The smallest absolute Gasteiger partial charge is 0.266 e. The molecule has 0 aliphatic rings. The van der Waals surface area contributed by atoms with Crippen LogP contribution in [-0.2, 0) is 10.0 Å². The van der Waals surface area contributed by atoms with Crippen molar-refractivity contribution in [3.8, 4) is 17.9 Å². The van der Waals surface area contributed by atoms with E-state index < -0.39 is 10.0 Å². The Hall–Kier alpha value is -2.46. The molecule has 0 atom stereocenters. The molecule has 2 heterocycles. The number of hydrogen-bond acceptors (Lipinski definition) is 7. The number of rotatable bonds is 3. The number of hydrogen-bond donors (Lipinski definition) is 2. The van der Waals surface area contributed by atoms with E-state index in [-0.39, 0.29) is 22.3 Å². The molecule has 7 nitrogen and oxygen atoms in total. The summed E-state index contributed by atoms with van der Waals surface area (Å²) in [6, 6.07) is 4.43. The van der Waals surface area contributed by atoms with Crippen LogP contribution in [0, 0.1) is 23.2 Å². The van der Waals surface area contributed by atoms with E-state index in [9.17, 15) is 8.42 Å². The molecule has 9 heteroatoms. The number of anilines is 1. The Balaban J connectivity index is 2.30. The van der Waals surface area contributed by atoms with Crippen LogP contribution in [0.2, 0.25) is 0 Å². The Morgan fingerprint density at radius 1 is 1.43 bits per heavy atom. The topological polar surface area (TPSA) is 116 Å². The van der Waals surface area contributed by atoms with Crippen molar-refractivity contribution in [1.29, 1.82) is 5.26 Å². The van der Waals surface area contributed by atoms with E-state index in [1.54, 1.807) is 6.07 Å². The summed E-state index contributed by atoms with van der Waals surface area (Å²) in [5.74, 6) is 5.06. The maximum Gasteiger partial charge on any atom is 0.266 e. The molecule has 0 bridgehead atoms. The molecular formula is C12H8N4O3S2. The molecule has 0 radical (unpaired) electrons. The van der Waals surface area contributed by atoms with Crippen molar-refractivity contribution in [2.45, 2.75) is 4.90 Å². The molecular weight excluding hydrogens is 312 g/mol. The molecule has 2 aromatic rings. The highest BCUT2D eigenvalue weighted by molar-refractivity contribution is 7.93. The van der Waals surface area contributed by atoms with Gasteiger partial charge in [0.15, 0.2) is 10.8 Å². The number of sulfonamides is 1. The number of nitrogens with zero attached hydrogens (tertiary/aromatic N) is 3. The fourth-order valence-electron chi connectivity index (χ4n) is 1.37. The van der Waals surface area contributed by atoms with Crippen molar-refractivity contribution in [2.75, 3.05) is 11.3 Å². The fourth-order valence-corrected chi connectivity index (χ4v) is 3.41. The molecule has 0 saturated heterocycles. The Bertz CT molecular complexity index is 856. The minimum atomic E-state index is -3.95. The van der Waals surface area contributed by atoms with Crippen molar-refractivity contribution in [2.24, 2.45) is 0 Å². The first kappa shape index (κ1) is 14.9. The number of nitriles is 1. The van der Waals surface area contributed by atoms with Gasteiger partial charge in [0.05, 0.1) is 11.1 Å². The predicted molar refractivity (Wildman–Crippen MR) is 75.8 cm³/mol. The molecule has 106 valence electrons. The highest BCUT2D eigenvalue weighted by Crippen LogP contribution is 2.22. The lowest BCUT2D eigenvalue weighted by molar-refractivity contribution is 0.350. The Kier molecular flexibility index (Phi) is 4.50. The minimum Gasteiger partial charge on any atom is -0.384 e. The third kappa shape index (κ3) is 3.55. The summed E-state index contributed by atoms with van der Waals surface area (Å²) in [6.07, 6.45) is 2.73. The van der Waals surface area contributed by atoms with Crippen LogP contribution < -0.4 is 4.72 Å². The zero-order chi connectivity index (χ0) is 15.3.